The van der Waals surface area contributed by atoms with Crippen LogP contribution in [0.1, 0.15) is 44.9 Å². The normalized spacial score (nSPS) is 32.2. The van der Waals surface area contributed by atoms with Crippen LogP contribution in [0.15, 0.2) is 0 Å². The van der Waals surface area contributed by atoms with Crippen LogP contribution in [0.25, 0.3) is 0 Å². The Balaban J connectivity index is 1.64. The maximum atomic E-state index is 12.1. The highest BCUT2D eigenvalue weighted by atomic mass is 19.4. The van der Waals surface area contributed by atoms with Gasteiger partial charge in [0.15, 0.2) is 0 Å². The van der Waals surface area contributed by atoms with Gasteiger partial charge in [-0.3, -0.25) is 0 Å². The van der Waals surface area contributed by atoms with Crippen molar-refractivity contribution in [3.63, 3.8) is 0 Å². The molecule has 118 valence electrons. The molecule has 2 fully saturated rings. The Morgan fingerprint density at radius 3 is 2.65 bits per heavy atom. The first-order valence-corrected chi connectivity index (χ1v) is 7.68. The van der Waals surface area contributed by atoms with E-state index in [-0.39, 0.29) is 6.10 Å². The Kier molecular flexibility index (Phi) is 6.11. The molecule has 3 atom stereocenters. The fraction of sp³-hybridized carbons (Fsp3) is 1.00. The van der Waals surface area contributed by atoms with Crippen LogP contribution in [-0.4, -0.2) is 44.1 Å². The van der Waals surface area contributed by atoms with Gasteiger partial charge in [-0.2, -0.15) is 13.2 Å². The summed E-state index contributed by atoms with van der Waals surface area (Å²) in [5.74, 6) is 0. The molecule has 1 aliphatic carbocycles. The summed E-state index contributed by atoms with van der Waals surface area (Å²) < 4.78 is 41.4. The molecule has 3 nitrogen and oxygen atoms in total. The zero-order valence-corrected chi connectivity index (χ0v) is 11.8. The smallest absolute Gasteiger partial charge is 0.369 e. The Morgan fingerprint density at radius 2 is 1.95 bits per heavy atom. The van der Waals surface area contributed by atoms with Crippen molar-refractivity contribution in [1.82, 2.24) is 10.6 Å². The summed E-state index contributed by atoms with van der Waals surface area (Å²) in [4.78, 5) is 0. The second kappa shape index (κ2) is 7.61. The van der Waals surface area contributed by atoms with Crippen LogP contribution in [-0.2, 0) is 4.74 Å². The van der Waals surface area contributed by atoms with Crippen LogP contribution in [0.4, 0.5) is 13.2 Å². The molecule has 2 rings (SSSR count). The summed E-state index contributed by atoms with van der Waals surface area (Å²) in [5, 5.41) is 6.97. The molecule has 2 N–H and O–H groups in total. The Labute approximate surface area is 118 Å². The molecule has 0 aromatic heterocycles. The molecule has 1 saturated carbocycles. The van der Waals surface area contributed by atoms with Gasteiger partial charge in [0.05, 0.1) is 6.10 Å². The van der Waals surface area contributed by atoms with Gasteiger partial charge >= 0.3 is 6.18 Å². The van der Waals surface area contributed by atoms with Gasteiger partial charge in [-0.25, -0.2) is 0 Å². The Bertz CT molecular complexity index is 280. The number of ether oxygens (including phenoxy) is 1. The first-order chi connectivity index (χ1) is 9.53. The van der Waals surface area contributed by atoms with E-state index < -0.39 is 12.8 Å². The van der Waals surface area contributed by atoms with Crippen LogP contribution < -0.4 is 10.6 Å². The molecule has 3 unspecified atom stereocenters. The Morgan fingerprint density at radius 1 is 1.10 bits per heavy atom. The molecule has 1 heterocycles. The van der Waals surface area contributed by atoms with Crippen LogP contribution in [0.2, 0.25) is 0 Å². The molecule has 0 bridgehead atoms. The van der Waals surface area contributed by atoms with Crippen molar-refractivity contribution in [3.8, 4) is 0 Å². The summed E-state index contributed by atoms with van der Waals surface area (Å²) in [7, 11) is 0. The molecule has 1 aliphatic heterocycles. The lowest BCUT2D eigenvalue weighted by Crippen LogP contribution is -2.46. The second-order valence-electron chi connectivity index (χ2n) is 5.97. The van der Waals surface area contributed by atoms with E-state index in [1.54, 1.807) is 0 Å². The van der Waals surface area contributed by atoms with Crippen molar-refractivity contribution < 1.29 is 17.9 Å². The van der Waals surface area contributed by atoms with E-state index in [1.807, 2.05) is 0 Å². The van der Waals surface area contributed by atoms with Crippen molar-refractivity contribution >= 4 is 0 Å². The Hall–Kier alpha value is -0.330. The molecular weight excluding hydrogens is 269 g/mol. The van der Waals surface area contributed by atoms with Crippen molar-refractivity contribution in [1.29, 1.82) is 0 Å². The largest absolute Gasteiger partial charge is 0.411 e. The number of nitrogens with one attached hydrogen (secondary N) is 2. The molecule has 6 heteroatoms. The molecule has 0 amide bonds. The zero-order valence-electron chi connectivity index (χ0n) is 11.8. The summed E-state index contributed by atoms with van der Waals surface area (Å²) in [5.41, 5.74) is 0. The van der Waals surface area contributed by atoms with Crippen LogP contribution in [0.3, 0.4) is 0 Å². The van der Waals surface area contributed by atoms with Crippen LogP contribution in [0, 0.1) is 0 Å². The standard InChI is InChI=1S/C14H25F3N2O/c15-14(16,17)10-20-13-6-3-5-11(8-13)19-9-12-4-1-2-7-18-12/h11-13,18-19H,1-10H2. The van der Waals surface area contributed by atoms with Gasteiger partial charge in [-0.15, -0.1) is 0 Å². The minimum Gasteiger partial charge on any atom is -0.369 e. The van der Waals surface area contributed by atoms with Gasteiger partial charge in [-0.05, 0) is 45.1 Å². The average Bonchev–Trinajstić information content (AvgIpc) is 2.44. The second-order valence-corrected chi connectivity index (χ2v) is 5.97. The van der Waals surface area contributed by atoms with E-state index >= 15 is 0 Å². The highest BCUT2D eigenvalue weighted by Crippen LogP contribution is 2.24. The van der Waals surface area contributed by atoms with Crippen molar-refractivity contribution in [2.24, 2.45) is 0 Å². The summed E-state index contributed by atoms with van der Waals surface area (Å²) in [6, 6.07) is 0.811. The molecule has 0 spiro atoms. The van der Waals surface area contributed by atoms with E-state index in [1.165, 1.54) is 19.3 Å². The minimum atomic E-state index is -4.22. The highest BCUT2D eigenvalue weighted by Gasteiger charge is 2.31. The summed E-state index contributed by atoms with van der Waals surface area (Å²) in [6.07, 6.45) is 2.66. The number of hydrogen-bond donors (Lipinski definition) is 2. The predicted molar refractivity (Wildman–Crippen MR) is 71.7 cm³/mol. The van der Waals surface area contributed by atoms with E-state index in [9.17, 15) is 13.2 Å². The number of alkyl halides is 3. The van der Waals surface area contributed by atoms with E-state index in [4.69, 9.17) is 4.74 Å². The van der Waals surface area contributed by atoms with E-state index in [0.717, 1.165) is 32.4 Å². The van der Waals surface area contributed by atoms with Crippen LogP contribution in [0.5, 0.6) is 0 Å². The third-order valence-corrected chi connectivity index (χ3v) is 4.17. The van der Waals surface area contributed by atoms with Gasteiger partial charge in [0.25, 0.3) is 0 Å². The lowest BCUT2D eigenvalue weighted by atomic mass is 9.92. The number of halogens is 3. The lowest BCUT2D eigenvalue weighted by molar-refractivity contribution is -0.188. The molecule has 2 aliphatic rings. The molecule has 0 aromatic carbocycles. The lowest BCUT2D eigenvalue weighted by Gasteiger charge is -2.32. The minimum absolute atomic E-state index is 0.248. The van der Waals surface area contributed by atoms with Crippen molar-refractivity contribution in [2.75, 3.05) is 19.7 Å². The highest BCUT2D eigenvalue weighted by molar-refractivity contribution is 4.82. The van der Waals surface area contributed by atoms with E-state index in [2.05, 4.69) is 10.6 Å². The third-order valence-electron chi connectivity index (χ3n) is 4.17. The number of piperidine rings is 1. The first-order valence-electron chi connectivity index (χ1n) is 7.68. The van der Waals surface area contributed by atoms with Gasteiger partial charge in [0.2, 0.25) is 0 Å². The predicted octanol–water partition coefficient (Wildman–Crippen LogP) is 2.61. The SMILES string of the molecule is FC(F)(F)COC1CCCC(NCC2CCCCN2)C1. The van der Waals surface area contributed by atoms with Gasteiger partial charge in [-0.1, -0.05) is 6.42 Å². The maximum Gasteiger partial charge on any atom is 0.411 e. The maximum absolute atomic E-state index is 12.1. The fourth-order valence-electron chi connectivity index (χ4n) is 3.10. The summed E-state index contributed by atoms with van der Waals surface area (Å²) >= 11 is 0. The van der Waals surface area contributed by atoms with Gasteiger partial charge < -0.3 is 15.4 Å². The quantitative estimate of drug-likeness (QED) is 0.818. The fourth-order valence-corrected chi connectivity index (χ4v) is 3.10. The van der Waals surface area contributed by atoms with Gasteiger partial charge in [0, 0.05) is 18.6 Å². The molecule has 20 heavy (non-hydrogen) atoms. The molecular formula is C14H25F3N2O. The monoisotopic (exact) mass is 294 g/mol. The molecule has 0 aromatic rings. The molecule has 1 saturated heterocycles. The third kappa shape index (κ3) is 5.97. The number of hydrogen-bond acceptors (Lipinski definition) is 3. The van der Waals surface area contributed by atoms with Crippen molar-refractivity contribution in [2.45, 2.75) is 69.3 Å². The van der Waals surface area contributed by atoms with Crippen molar-refractivity contribution in [3.05, 3.63) is 0 Å². The first kappa shape index (κ1) is 16.0. The van der Waals surface area contributed by atoms with Gasteiger partial charge in [0.1, 0.15) is 6.61 Å². The topological polar surface area (TPSA) is 33.3 Å². The number of rotatable bonds is 5. The van der Waals surface area contributed by atoms with Crippen LogP contribution >= 0.6 is 0 Å². The zero-order chi connectivity index (χ0) is 14.4. The average molecular weight is 294 g/mol. The van der Waals surface area contributed by atoms with E-state index in [0.29, 0.717) is 18.5 Å². The summed E-state index contributed by atoms with van der Waals surface area (Å²) in [6.45, 7) is 0.875. The molecule has 0 radical (unpaired) electrons.